The quantitative estimate of drug-likeness (QED) is 0.673. The summed E-state index contributed by atoms with van der Waals surface area (Å²) in [6, 6.07) is 15.4. The first-order chi connectivity index (χ1) is 12.5. The minimum atomic E-state index is -3.85. The molecular weight excluding hydrogens is 354 g/mol. The lowest BCUT2D eigenvalue weighted by molar-refractivity contribution is 0.0600. The van der Waals surface area contributed by atoms with Gasteiger partial charge in [-0.1, -0.05) is 36.4 Å². The predicted octanol–water partition coefficient (Wildman–Crippen LogP) is 2.52. The summed E-state index contributed by atoms with van der Waals surface area (Å²) in [6.45, 7) is 0.528. The molecule has 1 heterocycles. The van der Waals surface area contributed by atoms with Crippen LogP contribution in [0.15, 0.2) is 71.9 Å². The van der Waals surface area contributed by atoms with E-state index < -0.39 is 16.0 Å². The molecule has 0 fully saturated rings. The molecule has 134 valence electrons. The van der Waals surface area contributed by atoms with E-state index in [0.717, 1.165) is 5.56 Å². The standard InChI is InChI=1S/C18H17N3O4S/c1-25-18(22)15-8-5-9-17(10-15)26(23,24)20-16-11-19-21(13-16)12-14-6-3-2-4-7-14/h2-11,13,20H,12H2,1H3. The molecule has 0 radical (unpaired) electrons. The Hall–Kier alpha value is -3.13. The van der Waals surface area contributed by atoms with Crippen molar-refractivity contribution in [3.63, 3.8) is 0 Å². The minimum absolute atomic E-state index is 0.0313. The number of esters is 1. The van der Waals surface area contributed by atoms with Gasteiger partial charge in [0.2, 0.25) is 0 Å². The van der Waals surface area contributed by atoms with Gasteiger partial charge in [0, 0.05) is 6.20 Å². The maximum absolute atomic E-state index is 12.5. The number of aromatic nitrogens is 2. The Morgan fingerprint density at radius 2 is 1.92 bits per heavy atom. The first kappa shape index (κ1) is 17.7. The van der Waals surface area contributed by atoms with Gasteiger partial charge in [0.05, 0.1) is 36.0 Å². The van der Waals surface area contributed by atoms with E-state index in [2.05, 4.69) is 14.6 Å². The largest absolute Gasteiger partial charge is 0.465 e. The number of carbonyl (C=O) groups is 1. The van der Waals surface area contributed by atoms with E-state index in [4.69, 9.17) is 0 Å². The van der Waals surface area contributed by atoms with Crippen molar-refractivity contribution >= 4 is 21.7 Å². The fourth-order valence-electron chi connectivity index (χ4n) is 2.40. The van der Waals surface area contributed by atoms with Crippen LogP contribution in [-0.4, -0.2) is 31.3 Å². The van der Waals surface area contributed by atoms with Gasteiger partial charge in [-0.2, -0.15) is 5.10 Å². The Morgan fingerprint density at radius 1 is 1.15 bits per heavy atom. The fraction of sp³-hybridized carbons (Fsp3) is 0.111. The monoisotopic (exact) mass is 371 g/mol. The molecule has 0 atom stereocenters. The topological polar surface area (TPSA) is 90.3 Å². The Balaban J connectivity index is 1.77. The van der Waals surface area contributed by atoms with Crippen molar-refractivity contribution in [1.29, 1.82) is 0 Å². The third-order valence-electron chi connectivity index (χ3n) is 3.64. The number of rotatable bonds is 6. The number of sulfonamides is 1. The van der Waals surface area contributed by atoms with Gasteiger partial charge in [-0.15, -0.1) is 0 Å². The third-order valence-corrected chi connectivity index (χ3v) is 5.02. The van der Waals surface area contributed by atoms with Gasteiger partial charge in [-0.3, -0.25) is 9.40 Å². The average Bonchev–Trinajstić information content (AvgIpc) is 3.08. The normalized spacial score (nSPS) is 11.1. The van der Waals surface area contributed by atoms with Crippen molar-refractivity contribution < 1.29 is 17.9 Å². The van der Waals surface area contributed by atoms with Crippen molar-refractivity contribution in [2.75, 3.05) is 11.8 Å². The van der Waals surface area contributed by atoms with Crippen LogP contribution in [0.25, 0.3) is 0 Å². The molecule has 0 saturated carbocycles. The van der Waals surface area contributed by atoms with Gasteiger partial charge in [-0.05, 0) is 23.8 Å². The van der Waals surface area contributed by atoms with Crippen LogP contribution in [0.1, 0.15) is 15.9 Å². The molecule has 0 aliphatic heterocycles. The zero-order chi connectivity index (χ0) is 18.6. The minimum Gasteiger partial charge on any atom is -0.465 e. The number of anilines is 1. The number of carbonyl (C=O) groups excluding carboxylic acids is 1. The van der Waals surface area contributed by atoms with Crippen LogP contribution in [0.4, 0.5) is 5.69 Å². The first-order valence-corrected chi connectivity index (χ1v) is 9.24. The summed E-state index contributed by atoms with van der Waals surface area (Å²) in [7, 11) is -2.61. The summed E-state index contributed by atoms with van der Waals surface area (Å²) >= 11 is 0. The molecule has 3 rings (SSSR count). The van der Waals surface area contributed by atoms with Crippen molar-refractivity contribution in [3.8, 4) is 0 Å². The number of methoxy groups -OCH3 is 1. The number of hydrogen-bond donors (Lipinski definition) is 1. The van der Waals surface area contributed by atoms with Gasteiger partial charge in [0.15, 0.2) is 0 Å². The number of benzene rings is 2. The Bertz CT molecular complexity index is 1010. The van der Waals surface area contributed by atoms with E-state index in [1.807, 2.05) is 30.3 Å². The predicted molar refractivity (Wildman–Crippen MR) is 96.4 cm³/mol. The first-order valence-electron chi connectivity index (χ1n) is 7.75. The van der Waals surface area contributed by atoms with E-state index in [0.29, 0.717) is 12.2 Å². The Kier molecular flexibility index (Phi) is 5.04. The Morgan fingerprint density at radius 3 is 2.65 bits per heavy atom. The molecule has 0 aliphatic rings. The SMILES string of the molecule is COC(=O)c1cccc(S(=O)(=O)Nc2cnn(Cc3ccccc3)c2)c1. The van der Waals surface area contributed by atoms with Crippen LogP contribution in [0.5, 0.6) is 0 Å². The molecule has 0 aliphatic carbocycles. The second-order valence-corrected chi connectivity index (χ2v) is 7.22. The molecule has 26 heavy (non-hydrogen) atoms. The maximum atomic E-state index is 12.5. The lowest BCUT2D eigenvalue weighted by Crippen LogP contribution is -2.13. The van der Waals surface area contributed by atoms with Crippen LogP contribution in [-0.2, 0) is 21.3 Å². The van der Waals surface area contributed by atoms with Crippen molar-refractivity contribution in [1.82, 2.24) is 9.78 Å². The summed E-state index contributed by atoms with van der Waals surface area (Å²) in [6.07, 6.45) is 3.04. The van der Waals surface area contributed by atoms with Gasteiger partial charge in [0.25, 0.3) is 10.0 Å². The summed E-state index contributed by atoms with van der Waals surface area (Å²) in [5.41, 5.74) is 1.55. The van der Waals surface area contributed by atoms with Crippen molar-refractivity contribution in [2.45, 2.75) is 11.4 Å². The van der Waals surface area contributed by atoms with Gasteiger partial charge in [-0.25, -0.2) is 13.2 Å². The van der Waals surface area contributed by atoms with Gasteiger partial charge >= 0.3 is 5.97 Å². The fourth-order valence-corrected chi connectivity index (χ4v) is 3.47. The zero-order valence-corrected chi connectivity index (χ0v) is 14.8. The molecule has 0 spiro atoms. The number of hydrogen-bond acceptors (Lipinski definition) is 5. The van der Waals surface area contributed by atoms with Gasteiger partial charge in [0.1, 0.15) is 0 Å². The molecule has 7 nitrogen and oxygen atoms in total. The summed E-state index contributed by atoms with van der Waals surface area (Å²) in [4.78, 5) is 11.5. The smallest absolute Gasteiger partial charge is 0.337 e. The molecule has 0 saturated heterocycles. The molecular formula is C18H17N3O4S. The van der Waals surface area contributed by atoms with E-state index in [1.54, 1.807) is 10.9 Å². The highest BCUT2D eigenvalue weighted by atomic mass is 32.2. The molecule has 2 aromatic carbocycles. The molecule has 0 bridgehead atoms. The van der Waals surface area contributed by atoms with Crippen LogP contribution in [0, 0.1) is 0 Å². The second-order valence-electron chi connectivity index (χ2n) is 5.54. The lowest BCUT2D eigenvalue weighted by Gasteiger charge is -2.07. The number of nitrogens with one attached hydrogen (secondary N) is 1. The summed E-state index contributed by atoms with van der Waals surface area (Å²) in [5, 5.41) is 4.16. The summed E-state index contributed by atoms with van der Waals surface area (Å²) < 4.78 is 33.8. The molecule has 1 N–H and O–H groups in total. The van der Waals surface area contributed by atoms with E-state index in [9.17, 15) is 13.2 Å². The van der Waals surface area contributed by atoms with Crippen LogP contribution in [0.2, 0.25) is 0 Å². The average molecular weight is 371 g/mol. The highest BCUT2D eigenvalue weighted by Gasteiger charge is 2.17. The molecule has 1 aromatic heterocycles. The van der Waals surface area contributed by atoms with E-state index in [-0.39, 0.29) is 10.5 Å². The third kappa shape index (κ3) is 4.09. The number of ether oxygens (including phenoxy) is 1. The highest BCUT2D eigenvalue weighted by Crippen LogP contribution is 2.17. The summed E-state index contributed by atoms with van der Waals surface area (Å²) in [5.74, 6) is -0.599. The maximum Gasteiger partial charge on any atom is 0.337 e. The van der Waals surface area contributed by atoms with Crippen molar-refractivity contribution in [2.24, 2.45) is 0 Å². The molecule has 3 aromatic rings. The highest BCUT2D eigenvalue weighted by molar-refractivity contribution is 7.92. The van der Waals surface area contributed by atoms with E-state index >= 15 is 0 Å². The van der Waals surface area contributed by atoms with Crippen LogP contribution < -0.4 is 4.72 Å². The Labute approximate surface area is 151 Å². The lowest BCUT2D eigenvalue weighted by atomic mass is 10.2. The van der Waals surface area contributed by atoms with Gasteiger partial charge < -0.3 is 4.74 Å². The molecule has 0 amide bonds. The zero-order valence-electron chi connectivity index (χ0n) is 14.0. The van der Waals surface area contributed by atoms with Crippen LogP contribution >= 0.6 is 0 Å². The molecule has 8 heteroatoms. The molecule has 0 unspecified atom stereocenters. The van der Waals surface area contributed by atoms with Crippen molar-refractivity contribution in [3.05, 3.63) is 78.1 Å². The van der Waals surface area contributed by atoms with Crippen LogP contribution in [0.3, 0.4) is 0 Å². The van der Waals surface area contributed by atoms with E-state index in [1.165, 1.54) is 37.6 Å². The number of nitrogens with zero attached hydrogens (tertiary/aromatic N) is 2. The second kappa shape index (κ2) is 7.40.